The van der Waals surface area contributed by atoms with Gasteiger partial charge in [-0.1, -0.05) is 23.7 Å². The van der Waals surface area contributed by atoms with E-state index in [1.54, 1.807) is 6.07 Å². The van der Waals surface area contributed by atoms with Gasteiger partial charge < -0.3 is 4.74 Å². The van der Waals surface area contributed by atoms with Gasteiger partial charge in [0.15, 0.2) is 0 Å². The topological polar surface area (TPSA) is 9.23 Å². The van der Waals surface area contributed by atoms with E-state index in [0.29, 0.717) is 16.3 Å². The van der Waals surface area contributed by atoms with Crippen molar-refractivity contribution < 1.29 is 9.13 Å². The van der Waals surface area contributed by atoms with Crippen LogP contribution in [0.25, 0.3) is 0 Å². The molecule has 17 heavy (non-hydrogen) atoms. The van der Waals surface area contributed by atoms with Gasteiger partial charge >= 0.3 is 0 Å². The first-order valence-corrected chi connectivity index (χ1v) is 6.15. The van der Waals surface area contributed by atoms with Gasteiger partial charge in [0.2, 0.25) is 0 Å². The van der Waals surface area contributed by atoms with Crippen molar-refractivity contribution in [1.82, 2.24) is 0 Å². The van der Waals surface area contributed by atoms with Gasteiger partial charge in [-0.2, -0.15) is 0 Å². The average molecular weight is 316 g/mol. The Morgan fingerprint density at radius 3 is 2.71 bits per heavy atom. The minimum absolute atomic E-state index is 0.148. The third-order valence-corrected chi connectivity index (χ3v) is 3.12. The fourth-order valence-corrected chi connectivity index (χ4v) is 1.97. The third kappa shape index (κ3) is 3.20. The first-order valence-electron chi connectivity index (χ1n) is 4.98. The molecule has 0 aliphatic rings. The lowest BCUT2D eigenvalue weighted by molar-refractivity contribution is 0.298. The highest BCUT2D eigenvalue weighted by atomic mass is 79.9. The molecule has 0 N–H and O–H groups in total. The third-order valence-electron chi connectivity index (χ3n) is 2.23. The standard InChI is InChI=1S/C13H9BrClFO/c14-11-3-1-2-4-13(11)17-8-9-7-10(15)5-6-12(9)16/h1-7H,8H2. The quantitative estimate of drug-likeness (QED) is 0.789. The van der Waals surface area contributed by atoms with Crippen molar-refractivity contribution in [2.45, 2.75) is 6.61 Å². The molecule has 0 fully saturated rings. The molecule has 0 unspecified atom stereocenters. The van der Waals surface area contributed by atoms with Crippen LogP contribution in [0.5, 0.6) is 5.75 Å². The second-order valence-corrected chi connectivity index (χ2v) is 4.75. The number of rotatable bonds is 3. The molecule has 0 radical (unpaired) electrons. The smallest absolute Gasteiger partial charge is 0.133 e. The molecular formula is C13H9BrClFO. The van der Waals surface area contributed by atoms with Crippen LogP contribution < -0.4 is 4.74 Å². The van der Waals surface area contributed by atoms with Crippen molar-refractivity contribution in [3.05, 3.63) is 63.3 Å². The summed E-state index contributed by atoms with van der Waals surface area (Å²) in [6.07, 6.45) is 0. The zero-order valence-electron chi connectivity index (χ0n) is 8.79. The molecule has 0 saturated heterocycles. The second kappa shape index (κ2) is 5.52. The Labute approximate surface area is 112 Å². The maximum absolute atomic E-state index is 13.4. The minimum Gasteiger partial charge on any atom is -0.488 e. The molecule has 0 bridgehead atoms. The van der Waals surface area contributed by atoms with Gasteiger partial charge in [-0.15, -0.1) is 0 Å². The molecule has 0 heterocycles. The van der Waals surface area contributed by atoms with E-state index in [9.17, 15) is 4.39 Å². The van der Waals surface area contributed by atoms with Gasteiger partial charge in [0, 0.05) is 10.6 Å². The van der Waals surface area contributed by atoms with E-state index in [4.69, 9.17) is 16.3 Å². The van der Waals surface area contributed by atoms with E-state index in [1.807, 2.05) is 24.3 Å². The molecule has 0 aliphatic carbocycles. The van der Waals surface area contributed by atoms with Crippen LogP contribution >= 0.6 is 27.5 Å². The Morgan fingerprint density at radius 1 is 1.18 bits per heavy atom. The van der Waals surface area contributed by atoms with Crippen LogP contribution in [0, 0.1) is 5.82 Å². The maximum atomic E-state index is 13.4. The zero-order valence-corrected chi connectivity index (χ0v) is 11.1. The van der Waals surface area contributed by atoms with E-state index in [0.717, 1.165) is 4.47 Å². The number of para-hydroxylation sites is 1. The van der Waals surface area contributed by atoms with Crippen LogP contribution in [0.3, 0.4) is 0 Å². The van der Waals surface area contributed by atoms with Crippen molar-refractivity contribution in [2.75, 3.05) is 0 Å². The van der Waals surface area contributed by atoms with Crippen molar-refractivity contribution in [2.24, 2.45) is 0 Å². The molecule has 0 aromatic heterocycles. The lowest BCUT2D eigenvalue weighted by Crippen LogP contribution is -1.98. The molecule has 0 aliphatic heterocycles. The van der Waals surface area contributed by atoms with Crippen LogP contribution in [0.2, 0.25) is 5.02 Å². The van der Waals surface area contributed by atoms with Crippen LogP contribution in [-0.4, -0.2) is 0 Å². The predicted octanol–water partition coefficient (Wildman–Crippen LogP) is 4.82. The van der Waals surface area contributed by atoms with Crippen molar-refractivity contribution in [1.29, 1.82) is 0 Å². The summed E-state index contributed by atoms with van der Waals surface area (Å²) in [6.45, 7) is 0.148. The van der Waals surface area contributed by atoms with E-state index >= 15 is 0 Å². The minimum atomic E-state index is -0.318. The highest BCUT2D eigenvalue weighted by Gasteiger charge is 2.05. The second-order valence-electron chi connectivity index (χ2n) is 3.45. The normalized spacial score (nSPS) is 10.3. The van der Waals surface area contributed by atoms with Crippen molar-refractivity contribution in [3.63, 3.8) is 0 Å². The van der Waals surface area contributed by atoms with Gasteiger partial charge in [-0.25, -0.2) is 4.39 Å². The largest absolute Gasteiger partial charge is 0.488 e. The highest BCUT2D eigenvalue weighted by Crippen LogP contribution is 2.25. The average Bonchev–Trinajstić information content (AvgIpc) is 2.32. The molecule has 2 aromatic carbocycles. The van der Waals surface area contributed by atoms with Crippen LogP contribution in [0.4, 0.5) is 4.39 Å². The van der Waals surface area contributed by atoms with Crippen LogP contribution in [0.15, 0.2) is 46.9 Å². The zero-order chi connectivity index (χ0) is 12.3. The predicted molar refractivity (Wildman–Crippen MR) is 69.9 cm³/mol. The van der Waals surface area contributed by atoms with Crippen LogP contribution in [-0.2, 0) is 6.61 Å². The van der Waals surface area contributed by atoms with Crippen molar-refractivity contribution >= 4 is 27.5 Å². The molecule has 4 heteroatoms. The molecule has 0 saturated carbocycles. The fraction of sp³-hybridized carbons (Fsp3) is 0.0769. The summed E-state index contributed by atoms with van der Waals surface area (Å²) < 4.78 is 19.8. The number of halogens is 3. The van der Waals surface area contributed by atoms with Gasteiger partial charge in [0.05, 0.1) is 4.47 Å². The molecule has 0 amide bonds. The monoisotopic (exact) mass is 314 g/mol. The summed E-state index contributed by atoms with van der Waals surface area (Å²) in [4.78, 5) is 0. The van der Waals surface area contributed by atoms with Gasteiger partial charge in [0.25, 0.3) is 0 Å². The van der Waals surface area contributed by atoms with Gasteiger partial charge in [-0.05, 0) is 46.3 Å². The highest BCUT2D eigenvalue weighted by molar-refractivity contribution is 9.10. The Bertz CT molecular complexity index is 531. The Hall–Kier alpha value is -1.06. The van der Waals surface area contributed by atoms with E-state index < -0.39 is 0 Å². The Balaban J connectivity index is 2.12. The van der Waals surface area contributed by atoms with Crippen LogP contribution in [0.1, 0.15) is 5.56 Å². The molecule has 88 valence electrons. The number of hydrogen-bond donors (Lipinski definition) is 0. The number of ether oxygens (including phenoxy) is 1. The van der Waals surface area contributed by atoms with E-state index in [-0.39, 0.29) is 12.4 Å². The van der Waals surface area contributed by atoms with Crippen molar-refractivity contribution in [3.8, 4) is 5.75 Å². The SMILES string of the molecule is Fc1ccc(Cl)cc1COc1ccccc1Br. The number of benzene rings is 2. The fourth-order valence-electron chi connectivity index (χ4n) is 1.37. The summed E-state index contributed by atoms with van der Waals surface area (Å²) in [5.74, 6) is 0.355. The lowest BCUT2D eigenvalue weighted by atomic mass is 10.2. The molecule has 1 nitrogen and oxygen atoms in total. The number of hydrogen-bond acceptors (Lipinski definition) is 1. The molecule has 0 spiro atoms. The summed E-state index contributed by atoms with van der Waals surface area (Å²) in [5, 5.41) is 0.497. The van der Waals surface area contributed by atoms with E-state index in [2.05, 4.69) is 15.9 Å². The van der Waals surface area contributed by atoms with E-state index in [1.165, 1.54) is 12.1 Å². The summed E-state index contributed by atoms with van der Waals surface area (Å²) in [5.41, 5.74) is 0.438. The summed E-state index contributed by atoms with van der Waals surface area (Å²) in [7, 11) is 0. The first-order chi connectivity index (χ1) is 8.16. The molecular weight excluding hydrogens is 306 g/mol. The summed E-state index contributed by atoms with van der Waals surface area (Å²) in [6, 6.07) is 11.8. The first kappa shape index (κ1) is 12.4. The van der Waals surface area contributed by atoms with Gasteiger partial charge in [-0.3, -0.25) is 0 Å². The van der Waals surface area contributed by atoms with Gasteiger partial charge in [0.1, 0.15) is 18.2 Å². The molecule has 2 rings (SSSR count). The maximum Gasteiger partial charge on any atom is 0.133 e. The Morgan fingerprint density at radius 2 is 1.94 bits per heavy atom. The molecule has 2 aromatic rings. The summed E-state index contributed by atoms with van der Waals surface area (Å²) >= 11 is 9.16. The Kier molecular flexibility index (Phi) is 4.02. The molecule has 0 atom stereocenters. The lowest BCUT2D eigenvalue weighted by Gasteiger charge is -2.08.